The lowest BCUT2D eigenvalue weighted by atomic mass is 9.96. The van der Waals surface area contributed by atoms with Crippen LogP contribution < -0.4 is 4.90 Å². The van der Waals surface area contributed by atoms with Crippen molar-refractivity contribution in [3.05, 3.63) is 23.8 Å². The van der Waals surface area contributed by atoms with Crippen LogP contribution in [0.4, 0.5) is 11.4 Å². The van der Waals surface area contributed by atoms with Crippen molar-refractivity contribution in [3.63, 3.8) is 0 Å². The maximum absolute atomic E-state index is 4.62. The van der Waals surface area contributed by atoms with Gasteiger partial charge in [-0.15, -0.1) is 0 Å². The molecule has 0 saturated carbocycles. The highest BCUT2D eigenvalue weighted by Crippen LogP contribution is 2.35. The number of rotatable bonds is 3. The standard InChI is InChI=1S/C15H22N2/c1-4-5-11-16-14-7-6-8-15-13(14)10-9-12(2)17(15)3/h6-8,11-12H,4-5,9-10H2,1-3H3. The maximum atomic E-state index is 4.62. The molecule has 0 amide bonds. The third kappa shape index (κ3) is 2.51. The summed E-state index contributed by atoms with van der Waals surface area (Å²) in [6.07, 6.45) is 6.66. The van der Waals surface area contributed by atoms with E-state index in [2.05, 4.69) is 49.0 Å². The summed E-state index contributed by atoms with van der Waals surface area (Å²) in [5, 5.41) is 0. The fraction of sp³-hybridized carbons (Fsp3) is 0.533. The summed E-state index contributed by atoms with van der Waals surface area (Å²) in [5.41, 5.74) is 3.94. The van der Waals surface area contributed by atoms with Crippen LogP contribution in [-0.2, 0) is 6.42 Å². The van der Waals surface area contributed by atoms with Crippen molar-refractivity contribution < 1.29 is 0 Å². The highest BCUT2D eigenvalue weighted by Gasteiger charge is 2.21. The Morgan fingerprint density at radius 1 is 1.47 bits per heavy atom. The van der Waals surface area contributed by atoms with E-state index in [4.69, 9.17) is 0 Å². The number of unbranched alkanes of at least 4 members (excludes halogenated alkanes) is 1. The van der Waals surface area contributed by atoms with Gasteiger partial charge in [0.15, 0.2) is 0 Å². The Kier molecular flexibility index (Phi) is 3.82. The average Bonchev–Trinajstić information content (AvgIpc) is 2.35. The molecule has 1 unspecified atom stereocenters. The molecule has 92 valence electrons. The molecule has 1 aliphatic heterocycles. The Bertz CT molecular complexity index is 409. The van der Waals surface area contributed by atoms with E-state index < -0.39 is 0 Å². The molecule has 0 saturated heterocycles. The molecule has 0 bridgehead atoms. The topological polar surface area (TPSA) is 15.6 Å². The minimum absolute atomic E-state index is 0.636. The number of benzene rings is 1. The van der Waals surface area contributed by atoms with E-state index in [1.165, 1.54) is 17.7 Å². The van der Waals surface area contributed by atoms with E-state index >= 15 is 0 Å². The first-order valence-corrected chi connectivity index (χ1v) is 6.61. The molecule has 1 aromatic carbocycles. The minimum atomic E-state index is 0.636. The van der Waals surface area contributed by atoms with Crippen LogP contribution in [0.15, 0.2) is 23.2 Å². The maximum Gasteiger partial charge on any atom is 0.0678 e. The van der Waals surface area contributed by atoms with Crippen LogP contribution >= 0.6 is 0 Å². The van der Waals surface area contributed by atoms with Gasteiger partial charge in [-0.3, -0.25) is 4.99 Å². The predicted molar refractivity (Wildman–Crippen MR) is 75.7 cm³/mol. The van der Waals surface area contributed by atoms with E-state index in [1.807, 2.05) is 6.21 Å². The molecule has 1 aliphatic rings. The monoisotopic (exact) mass is 230 g/mol. The summed E-state index contributed by atoms with van der Waals surface area (Å²) in [4.78, 5) is 6.99. The summed E-state index contributed by atoms with van der Waals surface area (Å²) >= 11 is 0. The highest BCUT2D eigenvalue weighted by molar-refractivity contribution is 5.71. The lowest BCUT2D eigenvalue weighted by molar-refractivity contribution is 0.599. The van der Waals surface area contributed by atoms with Crippen LogP contribution in [0.2, 0.25) is 0 Å². The first-order chi connectivity index (χ1) is 8.24. The van der Waals surface area contributed by atoms with Crippen molar-refractivity contribution in [3.8, 4) is 0 Å². The zero-order chi connectivity index (χ0) is 12.3. The summed E-state index contributed by atoms with van der Waals surface area (Å²) in [7, 11) is 2.18. The number of hydrogen-bond acceptors (Lipinski definition) is 2. The fourth-order valence-electron chi connectivity index (χ4n) is 2.35. The molecule has 2 nitrogen and oxygen atoms in total. The number of aliphatic imine (C=N–C) groups is 1. The molecule has 0 radical (unpaired) electrons. The largest absolute Gasteiger partial charge is 0.372 e. The summed E-state index contributed by atoms with van der Waals surface area (Å²) in [6, 6.07) is 7.10. The molecule has 0 spiro atoms. The predicted octanol–water partition coefficient (Wildman–Crippen LogP) is 3.96. The SMILES string of the molecule is CCCC=Nc1cccc2c1CCC(C)N2C. The summed E-state index contributed by atoms with van der Waals surface area (Å²) in [5.74, 6) is 0. The van der Waals surface area contributed by atoms with Crippen LogP contribution in [0.3, 0.4) is 0 Å². The van der Waals surface area contributed by atoms with Gasteiger partial charge in [0.2, 0.25) is 0 Å². The second-order valence-corrected chi connectivity index (χ2v) is 4.87. The lowest BCUT2D eigenvalue weighted by Gasteiger charge is -2.34. The summed E-state index contributed by atoms with van der Waals surface area (Å²) in [6.45, 7) is 4.47. The number of hydrogen-bond donors (Lipinski definition) is 0. The van der Waals surface area contributed by atoms with Crippen LogP contribution in [0.5, 0.6) is 0 Å². The molecule has 2 heteroatoms. The highest BCUT2D eigenvalue weighted by atomic mass is 15.1. The van der Waals surface area contributed by atoms with Gasteiger partial charge < -0.3 is 4.90 Å². The normalized spacial score (nSPS) is 19.7. The van der Waals surface area contributed by atoms with Gasteiger partial charge in [0.1, 0.15) is 0 Å². The van der Waals surface area contributed by atoms with E-state index in [-0.39, 0.29) is 0 Å². The second-order valence-electron chi connectivity index (χ2n) is 4.87. The molecule has 1 aromatic rings. The van der Waals surface area contributed by atoms with Crippen molar-refractivity contribution in [2.45, 2.75) is 45.6 Å². The van der Waals surface area contributed by atoms with Crippen molar-refractivity contribution in [2.75, 3.05) is 11.9 Å². The van der Waals surface area contributed by atoms with Crippen LogP contribution in [-0.4, -0.2) is 19.3 Å². The van der Waals surface area contributed by atoms with Crippen LogP contribution in [0, 0.1) is 0 Å². The summed E-state index contributed by atoms with van der Waals surface area (Å²) < 4.78 is 0. The minimum Gasteiger partial charge on any atom is -0.372 e. The molecule has 17 heavy (non-hydrogen) atoms. The molecular formula is C15H22N2. The van der Waals surface area contributed by atoms with E-state index in [0.717, 1.165) is 24.9 Å². The molecule has 0 N–H and O–H groups in total. The fourth-order valence-corrected chi connectivity index (χ4v) is 2.35. The van der Waals surface area contributed by atoms with Gasteiger partial charge in [0, 0.05) is 30.6 Å². The van der Waals surface area contributed by atoms with Crippen molar-refractivity contribution in [1.82, 2.24) is 0 Å². The Morgan fingerprint density at radius 3 is 3.06 bits per heavy atom. The van der Waals surface area contributed by atoms with Gasteiger partial charge in [0.25, 0.3) is 0 Å². The van der Waals surface area contributed by atoms with Gasteiger partial charge in [-0.25, -0.2) is 0 Å². The molecular weight excluding hydrogens is 208 g/mol. The molecule has 2 rings (SSSR count). The van der Waals surface area contributed by atoms with E-state index in [0.29, 0.717) is 6.04 Å². The third-order valence-corrected chi connectivity index (χ3v) is 3.63. The van der Waals surface area contributed by atoms with E-state index in [1.54, 1.807) is 0 Å². The first-order valence-electron chi connectivity index (χ1n) is 6.61. The third-order valence-electron chi connectivity index (χ3n) is 3.63. The first kappa shape index (κ1) is 12.2. The second kappa shape index (κ2) is 5.35. The quantitative estimate of drug-likeness (QED) is 0.718. The average molecular weight is 230 g/mol. The van der Waals surface area contributed by atoms with Gasteiger partial charge in [0.05, 0.1) is 5.69 Å². The molecule has 0 aliphatic carbocycles. The lowest BCUT2D eigenvalue weighted by Crippen LogP contribution is -2.33. The Balaban J connectivity index is 2.30. The molecule has 1 atom stereocenters. The number of nitrogens with zero attached hydrogens (tertiary/aromatic N) is 2. The van der Waals surface area contributed by atoms with Crippen molar-refractivity contribution >= 4 is 17.6 Å². The van der Waals surface area contributed by atoms with Gasteiger partial charge in [-0.05, 0) is 38.3 Å². The Labute approximate surface area is 104 Å². The molecule has 0 aromatic heterocycles. The smallest absolute Gasteiger partial charge is 0.0678 e. The number of fused-ring (bicyclic) bond motifs is 1. The zero-order valence-electron chi connectivity index (χ0n) is 11.1. The molecule has 1 heterocycles. The van der Waals surface area contributed by atoms with Gasteiger partial charge in [-0.1, -0.05) is 19.4 Å². The van der Waals surface area contributed by atoms with E-state index in [9.17, 15) is 0 Å². The van der Waals surface area contributed by atoms with Gasteiger partial charge >= 0.3 is 0 Å². The van der Waals surface area contributed by atoms with Gasteiger partial charge in [-0.2, -0.15) is 0 Å². The number of anilines is 1. The van der Waals surface area contributed by atoms with Crippen LogP contribution in [0.1, 0.15) is 38.7 Å². The zero-order valence-corrected chi connectivity index (χ0v) is 11.1. The van der Waals surface area contributed by atoms with Crippen molar-refractivity contribution in [1.29, 1.82) is 0 Å². The van der Waals surface area contributed by atoms with Crippen LogP contribution in [0.25, 0.3) is 0 Å². The van der Waals surface area contributed by atoms with Crippen molar-refractivity contribution in [2.24, 2.45) is 4.99 Å². The molecule has 0 fully saturated rings. The Hall–Kier alpha value is -1.31. The Morgan fingerprint density at radius 2 is 2.29 bits per heavy atom.